The van der Waals surface area contributed by atoms with Gasteiger partial charge in [0.2, 0.25) is 0 Å². The molecule has 1 heterocycles. The summed E-state index contributed by atoms with van der Waals surface area (Å²) in [6.45, 7) is 1.39. The molecular weight excluding hydrogens is 282 g/mol. The number of ketones is 1. The number of thiazole rings is 1. The van der Waals surface area contributed by atoms with Crippen LogP contribution in [0.1, 0.15) is 27.8 Å². The number of rotatable bonds is 4. The van der Waals surface area contributed by atoms with Crippen molar-refractivity contribution in [3.05, 3.63) is 51.0 Å². The first-order valence-electron chi connectivity index (χ1n) is 5.49. The molecule has 1 aromatic heterocycles. The molecule has 0 radical (unpaired) electrons. The molecule has 1 aromatic carbocycles. The van der Waals surface area contributed by atoms with Crippen molar-refractivity contribution >= 4 is 33.8 Å². The molecule has 7 nitrogen and oxygen atoms in total. The SMILES string of the molecule is CC(=O)c1csc(NC(=O)c2ccc([N+](=O)[O-])cc2)n1. The highest BCUT2D eigenvalue weighted by atomic mass is 32.1. The first-order chi connectivity index (χ1) is 9.47. The van der Waals surface area contributed by atoms with E-state index < -0.39 is 10.8 Å². The minimum Gasteiger partial charge on any atom is -0.298 e. The molecule has 0 saturated carbocycles. The van der Waals surface area contributed by atoms with Gasteiger partial charge in [-0.25, -0.2) is 4.98 Å². The summed E-state index contributed by atoms with van der Waals surface area (Å²) in [5.74, 6) is -0.624. The van der Waals surface area contributed by atoms with Crippen LogP contribution in [-0.4, -0.2) is 21.6 Å². The molecule has 0 bridgehead atoms. The number of nitrogens with zero attached hydrogens (tertiary/aromatic N) is 2. The Labute approximate surface area is 117 Å². The Morgan fingerprint density at radius 2 is 1.95 bits per heavy atom. The zero-order valence-corrected chi connectivity index (χ0v) is 11.1. The van der Waals surface area contributed by atoms with Crippen LogP contribution < -0.4 is 5.32 Å². The number of non-ortho nitro benzene ring substituents is 1. The highest BCUT2D eigenvalue weighted by Crippen LogP contribution is 2.18. The third-order valence-corrected chi connectivity index (χ3v) is 3.18. The highest BCUT2D eigenvalue weighted by molar-refractivity contribution is 7.14. The topological polar surface area (TPSA) is 102 Å². The van der Waals surface area contributed by atoms with E-state index in [0.717, 1.165) is 11.3 Å². The van der Waals surface area contributed by atoms with E-state index in [-0.39, 0.29) is 22.7 Å². The Kier molecular flexibility index (Phi) is 3.85. The van der Waals surface area contributed by atoms with Crippen molar-refractivity contribution in [3.63, 3.8) is 0 Å². The van der Waals surface area contributed by atoms with Crippen molar-refractivity contribution in [2.24, 2.45) is 0 Å². The molecule has 0 unspecified atom stereocenters. The van der Waals surface area contributed by atoms with Crippen LogP contribution in [0.15, 0.2) is 29.6 Å². The van der Waals surface area contributed by atoms with Crippen molar-refractivity contribution in [1.29, 1.82) is 0 Å². The second-order valence-electron chi connectivity index (χ2n) is 3.85. The highest BCUT2D eigenvalue weighted by Gasteiger charge is 2.12. The molecule has 0 fully saturated rings. The molecule has 0 atom stereocenters. The maximum atomic E-state index is 11.9. The van der Waals surface area contributed by atoms with Gasteiger partial charge in [-0.1, -0.05) is 0 Å². The average Bonchev–Trinajstić information content (AvgIpc) is 2.87. The van der Waals surface area contributed by atoms with Crippen LogP contribution in [-0.2, 0) is 0 Å². The van der Waals surface area contributed by atoms with Gasteiger partial charge < -0.3 is 0 Å². The quantitative estimate of drug-likeness (QED) is 0.529. The summed E-state index contributed by atoms with van der Waals surface area (Å²) < 4.78 is 0. The number of Topliss-reactive ketones (excluding diaryl/α,β-unsaturated/α-hetero) is 1. The van der Waals surface area contributed by atoms with Gasteiger partial charge in [-0.2, -0.15) is 0 Å². The molecule has 0 saturated heterocycles. The van der Waals surface area contributed by atoms with E-state index in [1.807, 2.05) is 0 Å². The Bertz CT molecular complexity index is 678. The van der Waals surface area contributed by atoms with Gasteiger partial charge in [0.05, 0.1) is 4.92 Å². The van der Waals surface area contributed by atoms with E-state index in [0.29, 0.717) is 5.13 Å². The summed E-state index contributed by atoms with van der Waals surface area (Å²) in [5.41, 5.74) is 0.471. The summed E-state index contributed by atoms with van der Waals surface area (Å²) in [7, 11) is 0. The third kappa shape index (κ3) is 3.04. The van der Waals surface area contributed by atoms with E-state index in [4.69, 9.17) is 0 Å². The fraction of sp³-hybridized carbons (Fsp3) is 0.0833. The fourth-order valence-electron chi connectivity index (χ4n) is 1.40. The predicted molar refractivity (Wildman–Crippen MR) is 73.2 cm³/mol. The number of anilines is 1. The fourth-order valence-corrected chi connectivity index (χ4v) is 2.14. The molecule has 1 amide bonds. The van der Waals surface area contributed by atoms with Crippen molar-refractivity contribution in [2.45, 2.75) is 6.92 Å². The van der Waals surface area contributed by atoms with E-state index in [1.54, 1.807) is 5.38 Å². The van der Waals surface area contributed by atoms with Gasteiger partial charge in [0.25, 0.3) is 11.6 Å². The van der Waals surface area contributed by atoms with Crippen molar-refractivity contribution in [3.8, 4) is 0 Å². The van der Waals surface area contributed by atoms with Gasteiger partial charge in [-0.3, -0.25) is 25.0 Å². The Morgan fingerprint density at radius 3 is 2.45 bits per heavy atom. The first kappa shape index (κ1) is 13.8. The average molecular weight is 291 g/mol. The number of carbonyl (C=O) groups excluding carboxylic acids is 2. The van der Waals surface area contributed by atoms with E-state index >= 15 is 0 Å². The van der Waals surface area contributed by atoms with Crippen LogP contribution in [0.4, 0.5) is 10.8 Å². The van der Waals surface area contributed by atoms with E-state index in [2.05, 4.69) is 10.3 Å². The van der Waals surface area contributed by atoms with Crippen LogP contribution in [0, 0.1) is 10.1 Å². The van der Waals surface area contributed by atoms with Gasteiger partial charge in [0, 0.05) is 30.0 Å². The largest absolute Gasteiger partial charge is 0.298 e. The van der Waals surface area contributed by atoms with Gasteiger partial charge in [0.1, 0.15) is 5.69 Å². The summed E-state index contributed by atoms with van der Waals surface area (Å²) in [5, 5.41) is 14.9. The molecule has 2 rings (SSSR count). The lowest BCUT2D eigenvalue weighted by atomic mass is 10.2. The number of aromatic nitrogens is 1. The van der Waals surface area contributed by atoms with Gasteiger partial charge in [-0.05, 0) is 12.1 Å². The lowest BCUT2D eigenvalue weighted by Crippen LogP contribution is -2.11. The molecule has 2 aromatic rings. The maximum absolute atomic E-state index is 11.9. The monoisotopic (exact) mass is 291 g/mol. The lowest BCUT2D eigenvalue weighted by molar-refractivity contribution is -0.384. The number of nitrogens with one attached hydrogen (secondary N) is 1. The van der Waals surface area contributed by atoms with Crippen LogP contribution in [0.3, 0.4) is 0 Å². The molecule has 0 spiro atoms. The second kappa shape index (κ2) is 5.57. The number of hydrogen-bond acceptors (Lipinski definition) is 6. The number of nitro benzene ring substituents is 1. The molecule has 20 heavy (non-hydrogen) atoms. The second-order valence-corrected chi connectivity index (χ2v) is 4.71. The maximum Gasteiger partial charge on any atom is 0.269 e. The van der Waals surface area contributed by atoms with E-state index in [1.165, 1.54) is 31.2 Å². The normalized spacial score (nSPS) is 10.1. The molecule has 1 N–H and O–H groups in total. The lowest BCUT2D eigenvalue weighted by Gasteiger charge is -2.01. The molecule has 0 aliphatic heterocycles. The number of amides is 1. The van der Waals surface area contributed by atoms with Crippen molar-refractivity contribution < 1.29 is 14.5 Å². The molecule has 102 valence electrons. The summed E-state index contributed by atoms with van der Waals surface area (Å²) in [6, 6.07) is 5.20. The minimum atomic E-state index is -0.540. The zero-order valence-electron chi connectivity index (χ0n) is 10.3. The minimum absolute atomic E-state index is 0.0883. The number of hydrogen-bond donors (Lipinski definition) is 1. The number of carbonyl (C=O) groups is 2. The van der Waals surface area contributed by atoms with Gasteiger partial charge >= 0.3 is 0 Å². The number of benzene rings is 1. The molecule has 0 aliphatic carbocycles. The smallest absolute Gasteiger partial charge is 0.269 e. The van der Waals surface area contributed by atoms with Crippen molar-refractivity contribution in [1.82, 2.24) is 4.98 Å². The van der Waals surface area contributed by atoms with Gasteiger partial charge in [-0.15, -0.1) is 11.3 Å². The third-order valence-electron chi connectivity index (χ3n) is 2.43. The first-order valence-corrected chi connectivity index (χ1v) is 6.37. The van der Waals surface area contributed by atoms with Gasteiger partial charge in [0.15, 0.2) is 10.9 Å². The van der Waals surface area contributed by atoms with Crippen LogP contribution >= 0.6 is 11.3 Å². The zero-order chi connectivity index (χ0) is 14.7. The van der Waals surface area contributed by atoms with Crippen LogP contribution in [0.5, 0.6) is 0 Å². The Hall–Kier alpha value is -2.61. The standard InChI is InChI=1S/C12H9N3O4S/c1-7(16)10-6-20-12(13-10)14-11(17)8-2-4-9(5-3-8)15(18)19/h2-6H,1H3,(H,13,14,17). The Morgan fingerprint density at radius 1 is 1.30 bits per heavy atom. The van der Waals surface area contributed by atoms with Crippen LogP contribution in [0.25, 0.3) is 0 Å². The summed E-state index contributed by atoms with van der Waals surface area (Å²) in [6.07, 6.45) is 0. The van der Waals surface area contributed by atoms with Crippen molar-refractivity contribution in [2.75, 3.05) is 5.32 Å². The van der Waals surface area contributed by atoms with Crippen LogP contribution in [0.2, 0.25) is 0 Å². The summed E-state index contributed by atoms with van der Waals surface area (Å²) >= 11 is 1.14. The number of nitro groups is 1. The predicted octanol–water partition coefficient (Wildman–Crippen LogP) is 2.51. The molecule has 0 aliphatic rings. The molecule has 8 heteroatoms. The van der Waals surface area contributed by atoms with E-state index in [9.17, 15) is 19.7 Å². The Balaban J connectivity index is 2.11. The summed E-state index contributed by atoms with van der Waals surface area (Å²) in [4.78, 5) is 36.9. The molecular formula is C12H9N3O4S.